The highest BCUT2D eigenvalue weighted by atomic mass is 15.2. The van der Waals surface area contributed by atoms with Crippen molar-refractivity contribution in [3.05, 3.63) is 0 Å². The van der Waals surface area contributed by atoms with E-state index in [9.17, 15) is 0 Å². The molecule has 4 heteroatoms. The maximum absolute atomic E-state index is 5.67. The standard InChI is InChI=1S/C14H34N4/c1-3-5-9-17(11-7-15)13-14-18(12-8-16)10-6-4-2/h3-16H2,1-2H3. The van der Waals surface area contributed by atoms with Crippen LogP contribution in [0.4, 0.5) is 0 Å². The first-order valence-corrected chi connectivity index (χ1v) is 7.63. The molecule has 0 aromatic carbocycles. The molecule has 0 heterocycles. The molecular formula is C14H34N4. The Labute approximate surface area is 114 Å². The van der Waals surface area contributed by atoms with Gasteiger partial charge >= 0.3 is 0 Å². The van der Waals surface area contributed by atoms with Crippen molar-refractivity contribution in [2.24, 2.45) is 11.5 Å². The van der Waals surface area contributed by atoms with Crippen LogP contribution in [0.25, 0.3) is 0 Å². The molecule has 0 unspecified atom stereocenters. The van der Waals surface area contributed by atoms with E-state index < -0.39 is 0 Å². The molecule has 0 aliphatic heterocycles. The minimum Gasteiger partial charge on any atom is -0.329 e. The third-order valence-electron chi connectivity index (χ3n) is 3.28. The molecule has 0 bridgehead atoms. The zero-order valence-electron chi connectivity index (χ0n) is 12.5. The molecule has 4 nitrogen and oxygen atoms in total. The van der Waals surface area contributed by atoms with Crippen LogP contribution >= 0.6 is 0 Å². The fourth-order valence-electron chi connectivity index (χ4n) is 2.08. The van der Waals surface area contributed by atoms with E-state index in [1.165, 1.54) is 38.8 Å². The first-order chi connectivity index (χ1) is 8.78. The molecule has 0 aromatic rings. The molecule has 0 aromatic heterocycles. The van der Waals surface area contributed by atoms with Crippen LogP contribution in [0.5, 0.6) is 0 Å². The predicted molar refractivity (Wildman–Crippen MR) is 80.8 cm³/mol. The second-order valence-electron chi connectivity index (χ2n) is 4.97. The summed E-state index contributed by atoms with van der Waals surface area (Å²) in [5, 5.41) is 0. The van der Waals surface area contributed by atoms with Gasteiger partial charge in [-0.1, -0.05) is 26.7 Å². The van der Waals surface area contributed by atoms with Crippen molar-refractivity contribution in [3.8, 4) is 0 Å². The van der Waals surface area contributed by atoms with Crippen LogP contribution in [0.1, 0.15) is 39.5 Å². The van der Waals surface area contributed by atoms with Crippen LogP contribution in [0.2, 0.25) is 0 Å². The van der Waals surface area contributed by atoms with Crippen molar-refractivity contribution in [1.82, 2.24) is 9.80 Å². The molecule has 110 valence electrons. The first kappa shape index (κ1) is 17.8. The normalized spacial score (nSPS) is 11.7. The van der Waals surface area contributed by atoms with Gasteiger partial charge < -0.3 is 21.3 Å². The molecule has 0 aliphatic rings. The number of nitrogens with zero attached hydrogens (tertiary/aromatic N) is 2. The van der Waals surface area contributed by atoms with E-state index in [1.807, 2.05) is 0 Å². The molecule has 0 saturated carbocycles. The van der Waals surface area contributed by atoms with Gasteiger partial charge in [0.1, 0.15) is 0 Å². The fraction of sp³-hybridized carbons (Fsp3) is 1.00. The second kappa shape index (κ2) is 13.3. The Balaban J connectivity index is 3.92. The van der Waals surface area contributed by atoms with Crippen molar-refractivity contribution < 1.29 is 0 Å². The van der Waals surface area contributed by atoms with E-state index in [2.05, 4.69) is 23.6 Å². The van der Waals surface area contributed by atoms with E-state index in [0.29, 0.717) is 0 Å². The van der Waals surface area contributed by atoms with E-state index in [-0.39, 0.29) is 0 Å². The fourth-order valence-corrected chi connectivity index (χ4v) is 2.08. The molecule has 0 saturated heterocycles. The summed E-state index contributed by atoms with van der Waals surface area (Å²) in [5.74, 6) is 0. The quantitative estimate of drug-likeness (QED) is 0.519. The van der Waals surface area contributed by atoms with Crippen molar-refractivity contribution in [1.29, 1.82) is 0 Å². The second-order valence-corrected chi connectivity index (χ2v) is 4.97. The molecule has 0 atom stereocenters. The summed E-state index contributed by atoms with van der Waals surface area (Å²) in [4.78, 5) is 4.97. The third kappa shape index (κ3) is 9.83. The average Bonchev–Trinajstić information content (AvgIpc) is 2.38. The van der Waals surface area contributed by atoms with E-state index in [4.69, 9.17) is 11.5 Å². The Kier molecular flexibility index (Phi) is 13.2. The maximum Gasteiger partial charge on any atom is 0.0110 e. The lowest BCUT2D eigenvalue weighted by Gasteiger charge is -2.27. The van der Waals surface area contributed by atoms with Crippen LogP contribution in [-0.4, -0.2) is 62.2 Å². The van der Waals surface area contributed by atoms with Gasteiger partial charge in [-0.2, -0.15) is 0 Å². The van der Waals surface area contributed by atoms with Crippen molar-refractivity contribution in [2.75, 3.05) is 52.4 Å². The summed E-state index contributed by atoms with van der Waals surface area (Å²) in [6.07, 6.45) is 5.05. The highest BCUT2D eigenvalue weighted by Crippen LogP contribution is 1.98. The van der Waals surface area contributed by atoms with Gasteiger partial charge in [0.15, 0.2) is 0 Å². The predicted octanol–water partition coefficient (Wildman–Crippen LogP) is 1.11. The van der Waals surface area contributed by atoms with Crippen LogP contribution in [0.3, 0.4) is 0 Å². The lowest BCUT2D eigenvalue weighted by molar-refractivity contribution is 0.205. The number of rotatable bonds is 13. The molecule has 0 radical (unpaired) electrons. The zero-order valence-corrected chi connectivity index (χ0v) is 12.5. The largest absolute Gasteiger partial charge is 0.329 e. The Morgan fingerprint density at radius 1 is 0.611 bits per heavy atom. The molecule has 4 N–H and O–H groups in total. The lowest BCUT2D eigenvalue weighted by atomic mass is 10.3. The zero-order chi connectivity index (χ0) is 13.6. The Hall–Kier alpha value is -0.160. The van der Waals surface area contributed by atoms with Crippen LogP contribution < -0.4 is 11.5 Å². The van der Waals surface area contributed by atoms with Gasteiger partial charge in [0.25, 0.3) is 0 Å². The van der Waals surface area contributed by atoms with Crippen molar-refractivity contribution in [3.63, 3.8) is 0 Å². The van der Waals surface area contributed by atoms with E-state index >= 15 is 0 Å². The summed E-state index contributed by atoms with van der Waals surface area (Å²) in [6, 6.07) is 0. The van der Waals surface area contributed by atoms with Gasteiger partial charge in [-0.25, -0.2) is 0 Å². The summed E-state index contributed by atoms with van der Waals surface area (Å²) in [5.41, 5.74) is 11.3. The summed E-state index contributed by atoms with van der Waals surface area (Å²) in [6.45, 7) is 12.6. The Bertz CT molecular complexity index is 146. The van der Waals surface area contributed by atoms with Crippen LogP contribution in [-0.2, 0) is 0 Å². The molecule has 0 rings (SSSR count). The van der Waals surface area contributed by atoms with Gasteiger partial charge in [-0.05, 0) is 25.9 Å². The lowest BCUT2D eigenvalue weighted by Crippen LogP contribution is -2.40. The minimum absolute atomic E-state index is 0.759. The molecule has 0 spiro atoms. The number of nitrogens with two attached hydrogens (primary N) is 2. The van der Waals surface area contributed by atoms with Crippen molar-refractivity contribution >= 4 is 0 Å². The third-order valence-corrected chi connectivity index (χ3v) is 3.28. The van der Waals surface area contributed by atoms with E-state index in [0.717, 1.165) is 39.3 Å². The highest BCUT2D eigenvalue weighted by Gasteiger charge is 2.07. The maximum atomic E-state index is 5.67. The summed E-state index contributed by atoms with van der Waals surface area (Å²) in [7, 11) is 0. The SMILES string of the molecule is CCCCN(CCN)CCN(CCN)CCCC. The molecule has 18 heavy (non-hydrogen) atoms. The van der Waals surface area contributed by atoms with E-state index in [1.54, 1.807) is 0 Å². The highest BCUT2D eigenvalue weighted by molar-refractivity contribution is 4.64. The van der Waals surface area contributed by atoms with Crippen molar-refractivity contribution in [2.45, 2.75) is 39.5 Å². The Morgan fingerprint density at radius 3 is 1.28 bits per heavy atom. The average molecular weight is 258 g/mol. The number of unbranched alkanes of at least 4 members (excludes halogenated alkanes) is 2. The molecular weight excluding hydrogens is 224 g/mol. The Morgan fingerprint density at radius 2 is 1.00 bits per heavy atom. The number of hydrogen-bond acceptors (Lipinski definition) is 4. The first-order valence-electron chi connectivity index (χ1n) is 7.63. The topological polar surface area (TPSA) is 58.5 Å². The minimum atomic E-state index is 0.759. The number of hydrogen-bond donors (Lipinski definition) is 2. The summed E-state index contributed by atoms with van der Waals surface area (Å²) < 4.78 is 0. The van der Waals surface area contributed by atoms with Crippen LogP contribution in [0, 0.1) is 0 Å². The van der Waals surface area contributed by atoms with Gasteiger partial charge in [-0.15, -0.1) is 0 Å². The molecule has 0 aliphatic carbocycles. The van der Waals surface area contributed by atoms with Crippen LogP contribution in [0.15, 0.2) is 0 Å². The van der Waals surface area contributed by atoms with Gasteiger partial charge in [0.2, 0.25) is 0 Å². The monoisotopic (exact) mass is 258 g/mol. The summed E-state index contributed by atoms with van der Waals surface area (Å²) >= 11 is 0. The van der Waals surface area contributed by atoms with Gasteiger partial charge in [-0.3, -0.25) is 0 Å². The van der Waals surface area contributed by atoms with Gasteiger partial charge in [0.05, 0.1) is 0 Å². The van der Waals surface area contributed by atoms with Gasteiger partial charge in [0, 0.05) is 39.3 Å². The smallest absolute Gasteiger partial charge is 0.0110 e. The molecule has 0 amide bonds. The molecule has 0 fully saturated rings.